The molecule has 2 fully saturated rings. The fourth-order valence-corrected chi connectivity index (χ4v) is 5.91. The molecule has 6 nitrogen and oxygen atoms in total. The molecular weight excluding hydrogens is 296 g/mol. The first-order valence-corrected chi connectivity index (χ1v) is 9.79. The van der Waals surface area contributed by atoms with Gasteiger partial charge < -0.3 is 10.6 Å². The molecule has 0 unspecified atom stereocenters. The molecule has 2 N–H and O–H groups in total. The standard InChI is InChI=1S/C9H16N2O4S3/c12-17(13)3-1-7(5-17)10-9(16)11-8-2-4-18(14,15)6-8/h7-8H,1-6H2,(H2,10,11,16)/t7-,8-/m0/s1. The molecule has 2 aliphatic heterocycles. The summed E-state index contributed by atoms with van der Waals surface area (Å²) in [6.07, 6.45) is 1.10. The third-order valence-electron chi connectivity index (χ3n) is 3.14. The Hall–Kier alpha value is -0.410. The Kier molecular flexibility index (Phi) is 3.84. The maximum absolute atomic E-state index is 11.3. The summed E-state index contributed by atoms with van der Waals surface area (Å²) in [5.41, 5.74) is 0. The maximum atomic E-state index is 11.3. The molecular formula is C9H16N2O4S3. The molecule has 0 bridgehead atoms. The Balaban J connectivity index is 1.80. The Morgan fingerprint density at radius 3 is 1.56 bits per heavy atom. The summed E-state index contributed by atoms with van der Waals surface area (Å²) in [5, 5.41) is 6.22. The summed E-state index contributed by atoms with van der Waals surface area (Å²) in [4.78, 5) is 0. The van der Waals surface area contributed by atoms with Crippen molar-refractivity contribution >= 4 is 37.0 Å². The van der Waals surface area contributed by atoms with E-state index in [0.29, 0.717) is 18.0 Å². The van der Waals surface area contributed by atoms with Crippen molar-refractivity contribution in [2.45, 2.75) is 24.9 Å². The lowest BCUT2D eigenvalue weighted by Crippen LogP contribution is -2.46. The SMILES string of the molecule is O=S1(=O)CC[C@H](NC(=S)N[C@H]2CCS(=O)(=O)C2)C1. The van der Waals surface area contributed by atoms with Crippen LogP contribution in [0.5, 0.6) is 0 Å². The van der Waals surface area contributed by atoms with Crippen molar-refractivity contribution in [1.29, 1.82) is 0 Å². The highest BCUT2D eigenvalue weighted by atomic mass is 32.2. The quantitative estimate of drug-likeness (QED) is 0.620. The van der Waals surface area contributed by atoms with Gasteiger partial charge in [0.25, 0.3) is 0 Å². The maximum Gasteiger partial charge on any atom is 0.166 e. The van der Waals surface area contributed by atoms with Gasteiger partial charge in [0.1, 0.15) is 0 Å². The Labute approximate surface area is 112 Å². The van der Waals surface area contributed by atoms with Gasteiger partial charge in [0.15, 0.2) is 24.8 Å². The van der Waals surface area contributed by atoms with Crippen LogP contribution in [-0.2, 0) is 19.7 Å². The van der Waals surface area contributed by atoms with Crippen LogP contribution in [0.1, 0.15) is 12.8 Å². The van der Waals surface area contributed by atoms with Gasteiger partial charge in [-0.2, -0.15) is 0 Å². The first-order valence-electron chi connectivity index (χ1n) is 5.74. The molecule has 0 aromatic rings. The van der Waals surface area contributed by atoms with Crippen LogP contribution in [0.25, 0.3) is 0 Å². The molecule has 2 saturated heterocycles. The lowest BCUT2D eigenvalue weighted by Gasteiger charge is -2.18. The van der Waals surface area contributed by atoms with E-state index in [2.05, 4.69) is 10.6 Å². The van der Waals surface area contributed by atoms with Gasteiger partial charge >= 0.3 is 0 Å². The first kappa shape index (κ1) is 14.0. The monoisotopic (exact) mass is 312 g/mol. The van der Waals surface area contributed by atoms with Crippen LogP contribution in [0.3, 0.4) is 0 Å². The van der Waals surface area contributed by atoms with Crippen molar-refractivity contribution in [3.63, 3.8) is 0 Å². The molecule has 0 spiro atoms. The van der Waals surface area contributed by atoms with Crippen molar-refractivity contribution in [3.8, 4) is 0 Å². The topological polar surface area (TPSA) is 92.3 Å². The summed E-state index contributed by atoms with van der Waals surface area (Å²) in [5.74, 6) is 0.561. The summed E-state index contributed by atoms with van der Waals surface area (Å²) < 4.78 is 45.1. The van der Waals surface area contributed by atoms with Crippen LogP contribution in [0.2, 0.25) is 0 Å². The molecule has 0 aromatic carbocycles. The molecule has 2 atom stereocenters. The number of sulfone groups is 2. The van der Waals surface area contributed by atoms with Gasteiger partial charge in [-0.25, -0.2) is 16.8 Å². The number of thiocarbonyl (C=S) groups is 1. The van der Waals surface area contributed by atoms with Crippen molar-refractivity contribution in [1.82, 2.24) is 10.6 Å². The molecule has 18 heavy (non-hydrogen) atoms. The van der Waals surface area contributed by atoms with E-state index < -0.39 is 19.7 Å². The van der Waals surface area contributed by atoms with Gasteiger partial charge in [0, 0.05) is 12.1 Å². The first-order chi connectivity index (χ1) is 8.26. The van der Waals surface area contributed by atoms with E-state index in [-0.39, 0.29) is 35.1 Å². The number of nitrogens with one attached hydrogen (secondary N) is 2. The average molecular weight is 312 g/mol. The predicted octanol–water partition coefficient (Wildman–Crippen LogP) is -1.18. The van der Waals surface area contributed by atoms with Gasteiger partial charge in [-0.1, -0.05) is 0 Å². The second kappa shape index (κ2) is 4.93. The molecule has 0 aliphatic carbocycles. The average Bonchev–Trinajstić information content (AvgIpc) is 2.69. The second-order valence-electron chi connectivity index (χ2n) is 4.82. The minimum atomic E-state index is -2.93. The molecule has 2 heterocycles. The molecule has 0 saturated carbocycles. The highest BCUT2D eigenvalue weighted by molar-refractivity contribution is 7.92. The van der Waals surface area contributed by atoms with Crippen molar-refractivity contribution < 1.29 is 16.8 Å². The van der Waals surface area contributed by atoms with Crippen LogP contribution < -0.4 is 10.6 Å². The molecule has 0 amide bonds. The van der Waals surface area contributed by atoms with Crippen molar-refractivity contribution in [3.05, 3.63) is 0 Å². The Morgan fingerprint density at radius 2 is 1.28 bits per heavy atom. The van der Waals surface area contributed by atoms with Gasteiger partial charge in [0.2, 0.25) is 0 Å². The minimum absolute atomic E-state index is 0.0950. The zero-order chi connectivity index (χ0) is 13.4. The van der Waals surface area contributed by atoms with Crippen LogP contribution in [0, 0.1) is 0 Å². The largest absolute Gasteiger partial charge is 0.359 e. The van der Waals surface area contributed by atoms with Crippen LogP contribution in [-0.4, -0.2) is 57.0 Å². The third-order valence-corrected chi connectivity index (χ3v) is 6.91. The van der Waals surface area contributed by atoms with Crippen LogP contribution >= 0.6 is 12.2 Å². The fourth-order valence-electron chi connectivity index (χ4n) is 2.23. The fraction of sp³-hybridized carbons (Fsp3) is 0.889. The molecule has 2 rings (SSSR count). The number of hydrogen-bond donors (Lipinski definition) is 2. The highest BCUT2D eigenvalue weighted by Crippen LogP contribution is 2.13. The summed E-state index contributed by atoms with van der Waals surface area (Å²) in [6, 6.07) is -0.318. The van der Waals surface area contributed by atoms with Gasteiger partial charge in [-0.3, -0.25) is 0 Å². The van der Waals surface area contributed by atoms with E-state index in [1.807, 2.05) is 0 Å². The van der Waals surface area contributed by atoms with Crippen LogP contribution in [0.4, 0.5) is 0 Å². The predicted molar refractivity (Wildman–Crippen MR) is 73.0 cm³/mol. The van der Waals surface area contributed by atoms with E-state index in [0.717, 1.165) is 0 Å². The van der Waals surface area contributed by atoms with Gasteiger partial charge in [0.05, 0.1) is 23.0 Å². The van der Waals surface area contributed by atoms with E-state index in [9.17, 15) is 16.8 Å². The van der Waals surface area contributed by atoms with Gasteiger partial charge in [-0.15, -0.1) is 0 Å². The smallest absolute Gasteiger partial charge is 0.166 e. The Morgan fingerprint density at radius 1 is 0.889 bits per heavy atom. The Bertz CT molecular complexity index is 492. The second-order valence-corrected chi connectivity index (χ2v) is 9.68. The normalized spacial score (nSPS) is 33.1. The molecule has 2 aliphatic rings. The van der Waals surface area contributed by atoms with E-state index in [1.54, 1.807) is 0 Å². The van der Waals surface area contributed by atoms with Crippen molar-refractivity contribution in [2.75, 3.05) is 23.0 Å². The van der Waals surface area contributed by atoms with E-state index in [4.69, 9.17) is 12.2 Å². The number of hydrogen-bond acceptors (Lipinski definition) is 5. The lowest BCUT2D eigenvalue weighted by molar-refractivity contribution is 0.598. The lowest BCUT2D eigenvalue weighted by atomic mass is 10.2. The third kappa shape index (κ3) is 3.79. The summed E-state index contributed by atoms with van der Waals surface area (Å²) in [6.45, 7) is 0. The zero-order valence-electron chi connectivity index (χ0n) is 9.76. The van der Waals surface area contributed by atoms with E-state index in [1.165, 1.54) is 0 Å². The molecule has 104 valence electrons. The minimum Gasteiger partial charge on any atom is -0.359 e. The summed E-state index contributed by atoms with van der Waals surface area (Å²) in [7, 11) is -5.87. The van der Waals surface area contributed by atoms with Crippen LogP contribution in [0.15, 0.2) is 0 Å². The van der Waals surface area contributed by atoms with Gasteiger partial charge in [-0.05, 0) is 25.1 Å². The molecule has 0 aromatic heterocycles. The zero-order valence-corrected chi connectivity index (χ0v) is 12.2. The number of rotatable bonds is 2. The van der Waals surface area contributed by atoms with Crippen molar-refractivity contribution in [2.24, 2.45) is 0 Å². The summed E-state index contributed by atoms with van der Waals surface area (Å²) >= 11 is 5.07. The molecule has 9 heteroatoms. The highest BCUT2D eigenvalue weighted by Gasteiger charge is 2.30. The molecule has 0 radical (unpaired) electrons. The van der Waals surface area contributed by atoms with E-state index >= 15 is 0 Å².